The summed E-state index contributed by atoms with van der Waals surface area (Å²) in [5.41, 5.74) is 11.0. The molecule has 19 nitrogen and oxygen atoms in total. The fourth-order valence-corrected chi connectivity index (χ4v) is 5.32. The quantitative estimate of drug-likeness (QED) is 0.0734. The monoisotopic (exact) mass is 773 g/mol. The maximum atomic E-state index is 13.7. The number of nitrogens with one attached hydrogen (secondary N) is 7. The lowest BCUT2D eigenvalue weighted by atomic mass is 9.99. The normalized spacial score (nSPS) is 24.5. The predicted octanol–water partition coefficient (Wildman–Crippen LogP) is -3.28. The molecule has 1 heterocycles. The van der Waals surface area contributed by atoms with Crippen molar-refractivity contribution in [2.75, 3.05) is 51.8 Å². The van der Waals surface area contributed by atoms with Crippen molar-refractivity contribution in [2.24, 2.45) is 23.3 Å². The van der Waals surface area contributed by atoms with E-state index >= 15 is 0 Å². The summed E-state index contributed by atoms with van der Waals surface area (Å²) >= 11 is 4.10. The fourth-order valence-electron chi connectivity index (χ4n) is 5.06. The molecule has 1 aliphatic heterocycles. The van der Waals surface area contributed by atoms with Crippen molar-refractivity contribution in [3.63, 3.8) is 0 Å². The summed E-state index contributed by atoms with van der Waals surface area (Å²) in [6, 6.07) is -5.67. The summed E-state index contributed by atoms with van der Waals surface area (Å²) in [7, 11) is 0. The molecule has 1 saturated heterocycles. The van der Waals surface area contributed by atoms with Crippen LogP contribution in [0.15, 0.2) is 0 Å². The number of hydrogen-bond donors (Lipinski definition) is 10. The van der Waals surface area contributed by atoms with E-state index < -0.39 is 90.6 Å². The molecule has 0 unspecified atom stereocenters. The van der Waals surface area contributed by atoms with Gasteiger partial charge >= 0.3 is 0 Å². The molecule has 0 radical (unpaired) electrons. The van der Waals surface area contributed by atoms with Gasteiger partial charge in [0.05, 0.1) is 26.4 Å². The molecule has 8 amide bonds. The van der Waals surface area contributed by atoms with Gasteiger partial charge in [-0.05, 0) is 50.5 Å². The second kappa shape index (κ2) is 25.9. The Morgan fingerprint density at radius 1 is 0.717 bits per heavy atom. The number of amides is 8. The highest BCUT2D eigenvalue weighted by atomic mass is 32.1. The van der Waals surface area contributed by atoms with Crippen LogP contribution in [0.4, 0.5) is 0 Å². The molecular weight excluding hydrogens is 714 g/mol. The minimum atomic E-state index is -1.35. The summed E-state index contributed by atoms with van der Waals surface area (Å²) in [5.74, 6) is -5.98. The molecule has 0 aromatic rings. The van der Waals surface area contributed by atoms with Crippen molar-refractivity contribution in [1.82, 2.24) is 37.2 Å². The van der Waals surface area contributed by atoms with Crippen molar-refractivity contribution in [3.05, 3.63) is 0 Å². The van der Waals surface area contributed by atoms with Crippen LogP contribution in [-0.2, 0) is 47.8 Å². The van der Waals surface area contributed by atoms with Gasteiger partial charge in [0, 0.05) is 18.7 Å². The summed E-state index contributed by atoms with van der Waals surface area (Å²) in [4.78, 5) is 104. The van der Waals surface area contributed by atoms with Gasteiger partial charge in [0.1, 0.15) is 36.8 Å². The largest absolute Gasteiger partial charge is 0.377 e. The highest BCUT2D eigenvalue weighted by molar-refractivity contribution is 7.80. The average molecular weight is 774 g/mol. The third-order valence-corrected chi connectivity index (χ3v) is 8.27. The van der Waals surface area contributed by atoms with E-state index in [-0.39, 0.29) is 69.6 Å². The topological polar surface area (TPSA) is 291 Å². The molecule has 0 aromatic carbocycles. The highest BCUT2D eigenvalue weighted by Gasteiger charge is 2.33. The van der Waals surface area contributed by atoms with Crippen LogP contribution in [0.25, 0.3) is 0 Å². The third kappa shape index (κ3) is 19.6. The molecule has 0 spiro atoms. The van der Waals surface area contributed by atoms with E-state index in [1.54, 1.807) is 13.8 Å². The zero-order valence-corrected chi connectivity index (χ0v) is 32.0. The Bertz CT molecular complexity index is 1240. The zero-order chi connectivity index (χ0) is 39.9. The molecule has 1 rings (SSSR count). The first kappa shape index (κ1) is 47.0. The van der Waals surface area contributed by atoms with Crippen molar-refractivity contribution >= 4 is 59.9 Å². The van der Waals surface area contributed by atoms with Gasteiger partial charge in [0.2, 0.25) is 47.3 Å². The van der Waals surface area contributed by atoms with Crippen LogP contribution in [0, 0.1) is 11.8 Å². The van der Waals surface area contributed by atoms with Gasteiger partial charge in [-0.2, -0.15) is 12.6 Å². The Balaban J connectivity index is 3.40. The average Bonchev–Trinajstić information content (AvgIpc) is 3.09. The summed E-state index contributed by atoms with van der Waals surface area (Å²) in [6.07, 6.45) is 0.760. The van der Waals surface area contributed by atoms with Crippen LogP contribution in [0.3, 0.4) is 0 Å². The van der Waals surface area contributed by atoms with Crippen LogP contribution in [0.5, 0.6) is 0 Å². The minimum absolute atomic E-state index is 0.0330. The Morgan fingerprint density at radius 2 is 1.32 bits per heavy atom. The van der Waals surface area contributed by atoms with E-state index in [9.17, 15) is 38.4 Å². The molecule has 53 heavy (non-hydrogen) atoms. The molecule has 1 aliphatic rings. The van der Waals surface area contributed by atoms with E-state index in [1.807, 2.05) is 13.8 Å². The van der Waals surface area contributed by atoms with Crippen LogP contribution in [-0.4, -0.2) is 129 Å². The van der Waals surface area contributed by atoms with Gasteiger partial charge in [-0.3, -0.25) is 38.4 Å². The third-order valence-electron chi connectivity index (χ3n) is 7.91. The predicted molar refractivity (Wildman–Crippen MR) is 197 cm³/mol. The number of carbonyl (C=O) groups is 8. The number of carbonyl (C=O) groups excluding carboxylic acids is 8. The molecular formula is C33H59N9O10S. The number of hydrogen-bond acceptors (Lipinski definition) is 12. The number of unbranched alkanes of at least 4 members (excludes halogenated alkanes) is 1. The highest BCUT2D eigenvalue weighted by Crippen LogP contribution is 2.10. The van der Waals surface area contributed by atoms with E-state index in [4.69, 9.17) is 20.9 Å². The number of nitrogens with two attached hydrogens (primary N) is 2. The molecule has 0 bridgehead atoms. The molecule has 0 saturated carbocycles. The zero-order valence-electron chi connectivity index (χ0n) is 31.1. The summed E-state index contributed by atoms with van der Waals surface area (Å²) in [6.45, 7) is 6.91. The standard InChI is InChI=1S/C33H59N9O10S/c1-19(2)15-23-32(49)42-28(20(3)4)33(50)36-11-12-51-13-14-52-17-27(45)39-24(18-53)29(46)37-16-26(44)38-22(8-9-25(35)43)31(48)40-21(30(47)41-23)7-5-6-10-34/h19-24,28,53H,5-18,34H2,1-4H3,(H2,35,43)(H,36,50)(H,37,46)(H,38,44)(H,39,45)(H,40,48)(H,41,47)(H,42,49)/t21-,22-,23-,24-,28-/m0/s1. The number of rotatable bonds is 11. The van der Waals surface area contributed by atoms with Crippen LogP contribution in [0.1, 0.15) is 66.2 Å². The first-order valence-electron chi connectivity index (χ1n) is 17.9. The molecule has 20 heteroatoms. The SMILES string of the molecule is CC(C)C[C@@H]1NC(=O)[C@H](CCCCN)NC(=O)[C@H](CCC(N)=O)NC(=O)CNC(=O)[C@H](CS)NC(=O)COCCOCCNC(=O)[C@H](C(C)C)NC1=O. The summed E-state index contributed by atoms with van der Waals surface area (Å²) in [5, 5.41) is 18.1. The van der Waals surface area contributed by atoms with Gasteiger partial charge in [-0.15, -0.1) is 0 Å². The smallest absolute Gasteiger partial charge is 0.246 e. The maximum absolute atomic E-state index is 13.7. The fraction of sp³-hybridized carbons (Fsp3) is 0.758. The van der Waals surface area contributed by atoms with Crippen molar-refractivity contribution in [1.29, 1.82) is 0 Å². The maximum Gasteiger partial charge on any atom is 0.246 e. The van der Waals surface area contributed by atoms with E-state index in [0.29, 0.717) is 19.4 Å². The second-order valence-electron chi connectivity index (χ2n) is 13.4. The lowest BCUT2D eigenvalue weighted by Gasteiger charge is -2.28. The first-order valence-corrected chi connectivity index (χ1v) is 18.5. The number of primary amides is 1. The Hall–Kier alpha value is -4.01. The van der Waals surface area contributed by atoms with Gasteiger partial charge in [0.25, 0.3) is 0 Å². The lowest BCUT2D eigenvalue weighted by Crippen LogP contribution is -2.59. The van der Waals surface area contributed by atoms with Gasteiger partial charge < -0.3 is 58.2 Å². The number of thiol groups is 1. The van der Waals surface area contributed by atoms with Gasteiger partial charge in [-0.25, -0.2) is 0 Å². The van der Waals surface area contributed by atoms with Crippen LogP contribution >= 0.6 is 12.6 Å². The first-order chi connectivity index (χ1) is 25.1. The minimum Gasteiger partial charge on any atom is -0.377 e. The van der Waals surface area contributed by atoms with E-state index in [0.717, 1.165) is 0 Å². The Morgan fingerprint density at radius 3 is 1.92 bits per heavy atom. The molecule has 11 N–H and O–H groups in total. The van der Waals surface area contributed by atoms with Crippen molar-refractivity contribution < 1.29 is 47.8 Å². The van der Waals surface area contributed by atoms with E-state index in [1.165, 1.54) is 0 Å². The Labute approximate surface area is 316 Å². The van der Waals surface area contributed by atoms with Crippen molar-refractivity contribution in [2.45, 2.75) is 96.4 Å². The second-order valence-corrected chi connectivity index (χ2v) is 13.7. The van der Waals surface area contributed by atoms with Crippen LogP contribution in [0.2, 0.25) is 0 Å². The summed E-state index contributed by atoms with van der Waals surface area (Å²) < 4.78 is 10.7. The van der Waals surface area contributed by atoms with E-state index in [2.05, 4.69) is 49.8 Å². The molecule has 1 fully saturated rings. The van der Waals surface area contributed by atoms with Gasteiger partial charge in [-0.1, -0.05) is 27.7 Å². The van der Waals surface area contributed by atoms with Crippen molar-refractivity contribution in [3.8, 4) is 0 Å². The molecule has 5 atom stereocenters. The van der Waals surface area contributed by atoms with Crippen LogP contribution < -0.4 is 48.7 Å². The van der Waals surface area contributed by atoms with Gasteiger partial charge in [0.15, 0.2) is 0 Å². The molecule has 0 aliphatic carbocycles. The molecule has 0 aromatic heterocycles. The number of ether oxygens (including phenoxy) is 2. The lowest BCUT2D eigenvalue weighted by molar-refractivity contribution is -0.135. The Kier molecular flexibility index (Phi) is 23.0. The molecule has 302 valence electrons.